The molecule has 0 spiro atoms. The molecule has 1 heterocycles. The zero-order chi connectivity index (χ0) is 21.7. The van der Waals surface area contributed by atoms with Gasteiger partial charge in [-0.25, -0.2) is 4.39 Å². The molecule has 0 saturated carbocycles. The lowest BCUT2D eigenvalue weighted by molar-refractivity contribution is 0.411. The van der Waals surface area contributed by atoms with E-state index in [-0.39, 0.29) is 28.6 Å². The maximum absolute atomic E-state index is 13.1. The quantitative estimate of drug-likeness (QED) is 0.434. The standard InChI is InChI=1S/C22H23FN4O2S/c1-3-26(4-2)18-11-9-17(10-12-18)24-13-19-20(28)25-22(30)27(21(19)29)14-15-5-7-16(23)8-6-15/h5-13,29H,3-4,14H2,1-2H3,(H,25,28,30). The highest BCUT2D eigenvalue weighted by Gasteiger charge is 2.11. The highest BCUT2D eigenvalue weighted by molar-refractivity contribution is 7.71. The van der Waals surface area contributed by atoms with Gasteiger partial charge in [-0.3, -0.25) is 19.3 Å². The Morgan fingerprint density at radius 2 is 1.77 bits per heavy atom. The van der Waals surface area contributed by atoms with E-state index in [4.69, 9.17) is 12.2 Å². The highest BCUT2D eigenvalue weighted by atomic mass is 32.1. The zero-order valence-electron chi connectivity index (χ0n) is 16.8. The summed E-state index contributed by atoms with van der Waals surface area (Å²) in [6.07, 6.45) is 1.32. The van der Waals surface area contributed by atoms with Crippen molar-refractivity contribution >= 4 is 29.8 Å². The predicted molar refractivity (Wildman–Crippen MR) is 120 cm³/mol. The Kier molecular flexibility index (Phi) is 6.79. The largest absolute Gasteiger partial charge is 0.494 e. The summed E-state index contributed by atoms with van der Waals surface area (Å²) in [6, 6.07) is 13.5. The van der Waals surface area contributed by atoms with Gasteiger partial charge < -0.3 is 10.0 Å². The van der Waals surface area contributed by atoms with Crippen LogP contribution in [0.25, 0.3) is 0 Å². The molecule has 0 amide bonds. The summed E-state index contributed by atoms with van der Waals surface area (Å²) in [7, 11) is 0. The van der Waals surface area contributed by atoms with Crippen LogP contribution < -0.4 is 10.5 Å². The van der Waals surface area contributed by atoms with E-state index >= 15 is 0 Å². The van der Waals surface area contributed by atoms with Gasteiger partial charge in [-0.2, -0.15) is 0 Å². The minimum absolute atomic E-state index is 0.00136. The number of aromatic amines is 1. The first-order chi connectivity index (χ1) is 14.4. The molecule has 0 aliphatic heterocycles. The summed E-state index contributed by atoms with van der Waals surface area (Å²) >= 11 is 5.17. The van der Waals surface area contributed by atoms with Crippen LogP contribution in [0.15, 0.2) is 58.3 Å². The lowest BCUT2D eigenvalue weighted by Gasteiger charge is -2.20. The van der Waals surface area contributed by atoms with Gasteiger partial charge in [0.15, 0.2) is 4.77 Å². The summed E-state index contributed by atoms with van der Waals surface area (Å²) in [5, 5.41) is 10.6. The average Bonchev–Trinajstić information content (AvgIpc) is 2.74. The van der Waals surface area contributed by atoms with E-state index < -0.39 is 5.56 Å². The van der Waals surface area contributed by atoms with E-state index in [0.29, 0.717) is 5.69 Å². The van der Waals surface area contributed by atoms with Crippen molar-refractivity contribution in [1.29, 1.82) is 0 Å². The molecule has 2 aromatic carbocycles. The third kappa shape index (κ3) is 4.83. The third-order valence-corrected chi connectivity index (χ3v) is 5.10. The molecule has 0 bridgehead atoms. The average molecular weight is 427 g/mol. The minimum atomic E-state index is -0.531. The molecule has 0 aliphatic rings. The van der Waals surface area contributed by atoms with Crippen LogP contribution in [0, 0.1) is 10.6 Å². The summed E-state index contributed by atoms with van der Waals surface area (Å²) in [4.78, 5) is 21.4. The topological polar surface area (TPSA) is 73.6 Å². The molecule has 0 atom stereocenters. The van der Waals surface area contributed by atoms with Gasteiger partial charge in [-0.05, 0) is 68.0 Å². The number of aromatic hydroxyl groups is 1. The summed E-state index contributed by atoms with van der Waals surface area (Å²) < 4.78 is 14.6. The fraction of sp³-hybridized carbons (Fsp3) is 0.227. The summed E-state index contributed by atoms with van der Waals surface area (Å²) in [5.41, 5.74) is 1.93. The molecule has 1 aromatic heterocycles. The molecule has 0 radical (unpaired) electrons. The second-order valence-electron chi connectivity index (χ2n) is 6.66. The first-order valence-corrected chi connectivity index (χ1v) is 10.0. The Morgan fingerprint density at radius 1 is 1.13 bits per heavy atom. The number of rotatable bonds is 7. The van der Waals surface area contributed by atoms with E-state index in [9.17, 15) is 14.3 Å². The maximum atomic E-state index is 13.1. The van der Waals surface area contributed by atoms with Gasteiger partial charge in [0, 0.05) is 25.0 Å². The van der Waals surface area contributed by atoms with Gasteiger partial charge in [0.25, 0.3) is 5.56 Å². The molecular formula is C22H23FN4O2S. The molecule has 6 nitrogen and oxygen atoms in total. The van der Waals surface area contributed by atoms with Crippen molar-refractivity contribution in [3.8, 4) is 5.88 Å². The molecule has 3 rings (SSSR count). The fourth-order valence-electron chi connectivity index (χ4n) is 3.09. The van der Waals surface area contributed by atoms with Crippen molar-refractivity contribution in [1.82, 2.24) is 9.55 Å². The van der Waals surface area contributed by atoms with Crippen molar-refractivity contribution in [2.45, 2.75) is 20.4 Å². The molecule has 2 N–H and O–H groups in total. The van der Waals surface area contributed by atoms with E-state index in [1.807, 2.05) is 24.3 Å². The summed E-state index contributed by atoms with van der Waals surface area (Å²) in [5.74, 6) is -0.649. The van der Waals surface area contributed by atoms with E-state index in [2.05, 4.69) is 28.7 Å². The normalized spacial score (nSPS) is 11.2. The molecule has 30 heavy (non-hydrogen) atoms. The second-order valence-corrected chi connectivity index (χ2v) is 7.04. The van der Waals surface area contributed by atoms with Crippen LogP contribution in [0.1, 0.15) is 25.0 Å². The lowest BCUT2D eigenvalue weighted by Crippen LogP contribution is -2.21. The Bertz CT molecular complexity index is 1150. The Labute approximate surface area is 179 Å². The van der Waals surface area contributed by atoms with Gasteiger partial charge in [0.2, 0.25) is 5.88 Å². The fourth-order valence-corrected chi connectivity index (χ4v) is 3.33. The van der Waals surface area contributed by atoms with Crippen molar-refractivity contribution < 1.29 is 9.50 Å². The predicted octanol–water partition coefficient (Wildman–Crippen LogP) is 4.40. The lowest BCUT2D eigenvalue weighted by atomic mass is 10.2. The Hall–Kier alpha value is -3.26. The number of nitrogens with one attached hydrogen (secondary N) is 1. The molecular weight excluding hydrogens is 403 g/mol. The molecule has 0 fully saturated rings. The monoisotopic (exact) mass is 426 g/mol. The van der Waals surface area contributed by atoms with E-state index in [1.54, 1.807) is 12.1 Å². The number of anilines is 1. The van der Waals surface area contributed by atoms with Gasteiger partial charge in [-0.15, -0.1) is 0 Å². The number of benzene rings is 2. The number of hydrogen-bond donors (Lipinski definition) is 2. The molecule has 8 heteroatoms. The van der Waals surface area contributed by atoms with Crippen LogP contribution in [0.3, 0.4) is 0 Å². The number of H-pyrrole nitrogens is 1. The van der Waals surface area contributed by atoms with Crippen LogP contribution in [-0.2, 0) is 6.54 Å². The minimum Gasteiger partial charge on any atom is -0.494 e. The van der Waals surface area contributed by atoms with Crippen LogP contribution in [0.4, 0.5) is 15.8 Å². The van der Waals surface area contributed by atoms with Crippen molar-refractivity contribution in [2.24, 2.45) is 4.99 Å². The van der Waals surface area contributed by atoms with Crippen LogP contribution in [0.2, 0.25) is 0 Å². The van der Waals surface area contributed by atoms with Crippen LogP contribution >= 0.6 is 12.2 Å². The third-order valence-electron chi connectivity index (χ3n) is 4.78. The molecule has 0 unspecified atom stereocenters. The number of hydrogen-bond acceptors (Lipinski definition) is 5. The first-order valence-electron chi connectivity index (χ1n) is 9.62. The Balaban J connectivity index is 1.89. The number of nitrogens with zero attached hydrogens (tertiary/aromatic N) is 3. The zero-order valence-corrected chi connectivity index (χ0v) is 17.6. The van der Waals surface area contributed by atoms with Crippen molar-refractivity contribution in [2.75, 3.05) is 18.0 Å². The van der Waals surface area contributed by atoms with E-state index in [0.717, 1.165) is 24.3 Å². The summed E-state index contributed by atoms with van der Waals surface area (Å²) in [6.45, 7) is 6.18. The van der Waals surface area contributed by atoms with Gasteiger partial charge >= 0.3 is 0 Å². The maximum Gasteiger partial charge on any atom is 0.264 e. The first kappa shape index (κ1) is 21.4. The SMILES string of the molecule is CCN(CC)c1ccc(N=Cc2c(O)n(Cc3ccc(F)cc3)c(=S)[nH]c2=O)cc1. The van der Waals surface area contributed by atoms with Gasteiger partial charge in [0.1, 0.15) is 11.4 Å². The number of halogens is 1. The van der Waals surface area contributed by atoms with Crippen LogP contribution in [0.5, 0.6) is 5.88 Å². The smallest absolute Gasteiger partial charge is 0.264 e. The van der Waals surface area contributed by atoms with Gasteiger partial charge in [0.05, 0.1) is 12.2 Å². The second kappa shape index (κ2) is 9.49. The Morgan fingerprint density at radius 3 is 2.37 bits per heavy atom. The van der Waals surface area contributed by atoms with E-state index in [1.165, 1.54) is 22.9 Å². The molecule has 0 saturated heterocycles. The number of aliphatic imine (C=N–C) groups is 1. The molecule has 156 valence electrons. The molecule has 3 aromatic rings. The highest BCUT2D eigenvalue weighted by Crippen LogP contribution is 2.20. The van der Waals surface area contributed by atoms with Gasteiger partial charge in [-0.1, -0.05) is 12.1 Å². The van der Waals surface area contributed by atoms with Crippen LogP contribution in [-0.4, -0.2) is 34.0 Å². The van der Waals surface area contributed by atoms with Crippen molar-refractivity contribution in [3.05, 3.63) is 80.6 Å². The van der Waals surface area contributed by atoms with Crippen molar-refractivity contribution in [3.63, 3.8) is 0 Å². The number of aromatic nitrogens is 2. The molecule has 0 aliphatic carbocycles.